The lowest BCUT2D eigenvalue weighted by Crippen LogP contribution is -2.46. The first-order chi connectivity index (χ1) is 10.3. The van der Waals surface area contributed by atoms with Crippen molar-refractivity contribution in [1.29, 1.82) is 0 Å². The highest BCUT2D eigenvalue weighted by Crippen LogP contribution is 2.61. The van der Waals surface area contributed by atoms with E-state index in [1.54, 1.807) is 0 Å². The fourth-order valence-electron chi connectivity index (χ4n) is 2.92. The number of alkyl halides is 1. The van der Waals surface area contributed by atoms with E-state index in [0.717, 1.165) is 10.9 Å². The Balaban J connectivity index is 1.91. The van der Waals surface area contributed by atoms with Gasteiger partial charge in [0, 0.05) is 0 Å². The molecule has 2 aliphatic rings. The lowest BCUT2D eigenvalue weighted by Gasteiger charge is -2.28. The third kappa shape index (κ3) is 1.22. The summed E-state index contributed by atoms with van der Waals surface area (Å²) in [5.41, 5.74) is -0.160. The highest BCUT2D eigenvalue weighted by Gasteiger charge is 2.85. The van der Waals surface area contributed by atoms with E-state index in [2.05, 4.69) is 15.0 Å². The third-order valence-corrected chi connectivity index (χ3v) is 4.17. The van der Waals surface area contributed by atoms with Crippen LogP contribution < -0.4 is 11.3 Å². The van der Waals surface area contributed by atoms with Gasteiger partial charge in [0.2, 0.25) is 11.6 Å². The molecule has 114 valence electrons. The first kappa shape index (κ1) is 13.2. The Bertz CT molecular complexity index is 903. The predicted octanol–water partition coefficient (Wildman–Crippen LogP) is -1.95. The number of hydrogen-bond donors (Lipinski definition) is 4. The maximum absolute atomic E-state index is 15.1. The highest BCUT2D eigenvalue weighted by molar-refractivity contribution is 5.70. The molecule has 4 rings (SSSR count). The van der Waals surface area contributed by atoms with Crippen LogP contribution in [0.25, 0.3) is 11.2 Å². The van der Waals surface area contributed by atoms with Gasteiger partial charge in [-0.3, -0.25) is 14.3 Å². The molecule has 1 saturated heterocycles. The van der Waals surface area contributed by atoms with Crippen molar-refractivity contribution in [2.75, 3.05) is 5.73 Å². The number of nitrogen functional groups attached to an aromatic ring is 1. The highest BCUT2D eigenvalue weighted by atomic mass is 19.1. The molecular formula is C12H10FN5O4. The number of hydrogen-bond acceptors (Lipinski definition) is 7. The third-order valence-electron chi connectivity index (χ3n) is 4.17. The van der Waals surface area contributed by atoms with Gasteiger partial charge in [-0.05, 0) is 0 Å². The molecule has 0 aromatic carbocycles. The number of aliphatic hydroxyl groups is 2. The van der Waals surface area contributed by atoms with E-state index < -0.39 is 35.3 Å². The largest absolute Gasteiger partial charge is 0.387 e. The van der Waals surface area contributed by atoms with Crippen LogP contribution in [0.4, 0.5) is 10.3 Å². The number of terminal acetylenes is 1. The van der Waals surface area contributed by atoms with Gasteiger partial charge in [0.05, 0.1) is 6.33 Å². The second-order valence-corrected chi connectivity index (χ2v) is 5.31. The molecule has 2 fully saturated rings. The van der Waals surface area contributed by atoms with Crippen LogP contribution in [0.2, 0.25) is 0 Å². The number of aromatic nitrogens is 4. The summed E-state index contributed by atoms with van der Waals surface area (Å²) < 4.78 is 21.5. The molecule has 3 heterocycles. The van der Waals surface area contributed by atoms with Crippen LogP contribution in [0.15, 0.2) is 11.1 Å². The van der Waals surface area contributed by atoms with Crippen LogP contribution in [0, 0.1) is 12.3 Å². The van der Waals surface area contributed by atoms with Crippen LogP contribution in [0.1, 0.15) is 6.23 Å². The fourth-order valence-corrected chi connectivity index (χ4v) is 2.92. The van der Waals surface area contributed by atoms with E-state index in [1.807, 2.05) is 5.92 Å². The fraction of sp³-hybridized carbons (Fsp3) is 0.417. The number of halogens is 1. The molecule has 0 spiro atoms. The predicted molar refractivity (Wildman–Crippen MR) is 70.1 cm³/mol. The molecule has 22 heavy (non-hydrogen) atoms. The summed E-state index contributed by atoms with van der Waals surface area (Å²) in [6.07, 6.45) is 2.26. The minimum absolute atomic E-state index is 0.0390. The Kier molecular flexibility index (Phi) is 2.18. The molecule has 9 nitrogen and oxygen atoms in total. The van der Waals surface area contributed by atoms with Gasteiger partial charge in [-0.25, -0.2) is 9.37 Å². The van der Waals surface area contributed by atoms with E-state index >= 15 is 4.39 Å². The number of fused-ring (bicyclic) bond motifs is 2. The number of aromatic amines is 1. The van der Waals surface area contributed by atoms with E-state index in [-0.39, 0.29) is 17.1 Å². The minimum Gasteiger partial charge on any atom is -0.387 e. The van der Waals surface area contributed by atoms with Crippen molar-refractivity contribution in [2.45, 2.75) is 29.7 Å². The lowest BCUT2D eigenvalue weighted by molar-refractivity contribution is -0.0940. The number of aliphatic hydroxyl groups excluding tert-OH is 1. The Morgan fingerprint density at radius 3 is 3.05 bits per heavy atom. The summed E-state index contributed by atoms with van der Waals surface area (Å²) in [6.45, 7) is 0. The molecule has 5 N–H and O–H groups in total. The summed E-state index contributed by atoms with van der Waals surface area (Å²) in [4.78, 5) is 21.7. The number of nitrogens with one attached hydrogen (secondary N) is 1. The zero-order valence-electron chi connectivity index (χ0n) is 10.9. The van der Waals surface area contributed by atoms with Crippen molar-refractivity contribution in [3.8, 4) is 12.3 Å². The molecule has 0 radical (unpaired) electrons. The molecular weight excluding hydrogens is 297 g/mol. The first-order valence-corrected chi connectivity index (χ1v) is 6.29. The van der Waals surface area contributed by atoms with Crippen molar-refractivity contribution in [3.05, 3.63) is 16.7 Å². The summed E-state index contributed by atoms with van der Waals surface area (Å²) >= 11 is 0. The number of imidazole rings is 1. The van der Waals surface area contributed by atoms with Gasteiger partial charge in [-0.1, -0.05) is 5.92 Å². The molecule has 1 saturated carbocycles. The maximum atomic E-state index is 15.1. The van der Waals surface area contributed by atoms with Gasteiger partial charge in [0.1, 0.15) is 12.2 Å². The van der Waals surface area contributed by atoms with Crippen molar-refractivity contribution in [1.82, 2.24) is 19.5 Å². The number of ether oxygens (including phenoxy) is 1. The van der Waals surface area contributed by atoms with Crippen LogP contribution in [-0.2, 0) is 4.74 Å². The van der Waals surface area contributed by atoms with Gasteiger partial charge < -0.3 is 20.7 Å². The van der Waals surface area contributed by atoms with Gasteiger partial charge in [0.15, 0.2) is 23.0 Å². The first-order valence-electron chi connectivity index (χ1n) is 6.29. The number of H-pyrrole nitrogens is 1. The Hall–Kier alpha value is -2.48. The minimum atomic E-state index is -2.70. The summed E-state index contributed by atoms with van der Waals surface area (Å²) in [5.74, 6) is 1.65. The van der Waals surface area contributed by atoms with Crippen molar-refractivity contribution >= 4 is 17.1 Å². The quantitative estimate of drug-likeness (QED) is 0.449. The Morgan fingerprint density at radius 1 is 1.64 bits per heavy atom. The average Bonchev–Trinajstić information content (AvgIpc) is 2.79. The number of nitrogens with zero attached hydrogens (tertiary/aromatic N) is 3. The monoisotopic (exact) mass is 307 g/mol. The lowest BCUT2D eigenvalue weighted by atomic mass is 9.96. The second-order valence-electron chi connectivity index (χ2n) is 5.31. The van der Waals surface area contributed by atoms with E-state index in [9.17, 15) is 15.0 Å². The maximum Gasteiger partial charge on any atom is 0.280 e. The second kappa shape index (κ2) is 3.64. The zero-order chi connectivity index (χ0) is 15.9. The zero-order valence-corrected chi connectivity index (χ0v) is 10.9. The van der Waals surface area contributed by atoms with Gasteiger partial charge >= 0.3 is 0 Å². The van der Waals surface area contributed by atoms with Gasteiger partial charge in [0.25, 0.3) is 5.56 Å². The smallest absolute Gasteiger partial charge is 0.280 e. The summed E-state index contributed by atoms with van der Waals surface area (Å²) in [6, 6.07) is 0. The molecule has 10 heteroatoms. The van der Waals surface area contributed by atoms with Crippen molar-refractivity contribution in [3.63, 3.8) is 0 Å². The van der Waals surface area contributed by atoms with Crippen molar-refractivity contribution < 1.29 is 19.3 Å². The number of anilines is 1. The van der Waals surface area contributed by atoms with Crippen LogP contribution >= 0.6 is 0 Å². The average molecular weight is 307 g/mol. The molecule has 1 aliphatic heterocycles. The molecule has 2 unspecified atom stereocenters. The van der Waals surface area contributed by atoms with E-state index in [1.165, 1.54) is 0 Å². The SMILES string of the molecule is C#C[C@]1(F)C(n2cnc3c(=O)[nH]c(N)nc32)O[C@@H]2C(O)[C@@]21O. The summed E-state index contributed by atoms with van der Waals surface area (Å²) in [7, 11) is 0. The molecule has 2 aromatic heterocycles. The molecule has 2 aromatic rings. The van der Waals surface area contributed by atoms with Crippen LogP contribution in [-0.4, -0.2) is 53.2 Å². The normalized spacial score (nSPS) is 39.6. The van der Waals surface area contributed by atoms with Crippen LogP contribution in [0.3, 0.4) is 0 Å². The van der Waals surface area contributed by atoms with Gasteiger partial charge in [-0.15, -0.1) is 6.42 Å². The number of rotatable bonds is 1. The number of nitrogens with two attached hydrogens (primary N) is 1. The molecule has 0 amide bonds. The van der Waals surface area contributed by atoms with Crippen LogP contribution in [0.5, 0.6) is 0 Å². The molecule has 5 atom stereocenters. The van der Waals surface area contributed by atoms with Crippen molar-refractivity contribution in [2.24, 2.45) is 0 Å². The summed E-state index contributed by atoms with van der Waals surface area (Å²) in [5, 5.41) is 19.7. The standard InChI is InChI=1S/C12H10FN5O4/c1-2-11(13)9(22-6-5(19)12(6,11)21)18-3-15-4-7(18)16-10(14)17-8(4)20/h1,3,5-6,9,19,21H,(H3,14,16,17,20)/t5?,6-,9?,11+,12-/m1/s1. The molecule has 1 aliphatic carbocycles. The van der Waals surface area contributed by atoms with E-state index in [4.69, 9.17) is 16.9 Å². The Labute approximate surface area is 121 Å². The Morgan fingerprint density at radius 2 is 2.36 bits per heavy atom. The topological polar surface area (TPSA) is 139 Å². The van der Waals surface area contributed by atoms with E-state index in [0.29, 0.717) is 0 Å². The molecule has 0 bridgehead atoms. The van der Waals surface area contributed by atoms with Gasteiger partial charge in [-0.2, -0.15) is 4.98 Å².